The number of carbonyl (C=O) groups is 2. The molecule has 0 aliphatic carbocycles. The maximum atomic E-state index is 12.7. The first-order valence-corrected chi connectivity index (χ1v) is 9.55. The highest BCUT2D eigenvalue weighted by Gasteiger charge is 2.21. The third-order valence-electron chi connectivity index (χ3n) is 5.01. The normalized spacial score (nSPS) is 12.0. The van der Waals surface area contributed by atoms with Gasteiger partial charge in [0, 0.05) is 12.0 Å². The molecule has 29 heavy (non-hydrogen) atoms. The smallest absolute Gasteiger partial charge is 0.306 e. The van der Waals surface area contributed by atoms with E-state index in [1.54, 1.807) is 31.2 Å². The van der Waals surface area contributed by atoms with Gasteiger partial charge < -0.3 is 9.72 Å². The molecule has 150 valence electrons. The Morgan fingerprint density at radius 3 is 2.52 bits per heavy atom. The fourth-order valence-electron chi connectivity index (χ4n) is 3.23. The van der Waals surface area contributed by atoms with Crippen molar-refractivity contribution in [2.75, 3.05) is 0 Å². The molecule has 0 bridgehead atoms. The van der Waals surface area contributed by atoms with Gasteiger partial charge >= 0.3 is 5.97 Å². The molecule has 0 unspecified atom stereocenters. The van der Waals surface area contributed by atoms with Gasteiger partial charge in [-0.15, -0.1) is 0 Å². The molecule has 0 radical (unpaired) electrons. The van der Waals surface area contributed by atoms with Crippen LogP contribution >= 0.6 is 0 Å². The number of esters is 1. The van der Waals surface area contributed by atoms with Gasteiger partial charge in [-0.3, -0.25) is 14.4 Å². The van der Waals surface area contributed by atoms with Gasteiger partial charge in [-0.25, -0.2) is 4.98 Å². The molecule has 1 atom stereocenters. The molecule has 0 aliphatic rings. The van der Waals surface area contributed by atoms with Crippen LogP contribution in [0.3, 0.4) is 0 Å². The minimum atomic E-state index is -0.882. The van der Waals surface area contributed by atoms with Crippen LogP contribution in [0.4, 0.5) is 0 Å². The molecule has 1 heterocycles. The summed E-state index contributed by atoms with van der Waals surface area (Å²) in [5.74, 6) is -0.325. The first-order valence-electron chi connectivity index (χ1n) is 9.55. The number of carbonyl (C=O) groups excluding carboxylic acids is 2. The highest BCUT2D eigenvalue weighted by molar-refractivity contribution is 6.01. The van der Waals surface area contributed by atoms with Crippen LogP contribution in [0.2, 0.25) is 0 Å². The molecule has 3 rings (SSSR count). The number of nitrogens with zero attached hydrogens (tertiary/aromatic N) is 1. The summed E-state index contributed by atoms with van der Waals surface area (Å²) in [7, 11) is 0. The molecular formula is C23H24N2O4. The number of hydrogen-bond acceptors (Lipinski definition) is 5. The van der Waals surface area contributed by atoms with Crippen molar-refractivity contribution in [2.45, 2.75) is 46.6 Å². The Hall–Kier alpha value is -3.28. The number of benzene rings is 2. The molecule has 1 aromatic heterocycles. The number of aromatic amines is 1. The summed E-state index contributed by atoms with van der Waals surface area (Å²) < 4.78 is 5.32. The van der Waals surface area contributed by atoms with Gasteiger partial charge in [0.1, 0.15) is 5.82 Å². The lowest BCUT2D eigenvalue weighted by Crippen LogP contribution is -2.25. The summed E-state index contributed by atoms with van der Waals surface area (Å²) in [6, 6.07) is 10.8. The summed E-state index contributed by atoms with van der Waals surface area (Å²) in [6.45, 7) is 7.38. The molecule has 6 nitrogen and oxygen atoms in total. The lowest BCUT2D eigenvalue weighted by atomic mass is 9.96. The standard InChI is InChI=1S/C23H24N2O4/c1-13-11-15(3)18(12-14(13)2)22(27)16(4)29-21(26)10-9-20-24-19-8-6-5-7-17(19)23(28)25-20/h5-8,11-12,16H,9-10H2,1-4H3,(H,24,25,28)/t16-/m0/s1. The topological polar surface area (TPSA) is 89.1 Å². The maximum absolute atomic E-state index is 12.7. The van der Waals surface area contributed by atoms with Crippen LogP contribution in [0.25, 0.3) is 10.9 Å². The van der Waals surface area contributed by atoms with E-state index in [1.165, 1.54) is 0 Å². The lowest BCUT2D eigenvalue weighted by molar-refractivity contribution is -0.146. The molecule has 0 aliphatic heterocycles. The highest BCUT2D eigenvalue weighted by Crippen LogP contribution is 2.18. The third-order valence-corrected chi connectivity index (χ3v) is 5.01. The second kappa shape index (κ2) is 8.39. The average Bonchev–Trinajstić information content (AvgIpc) is 2.68. The number of aryl methyl sites for hydroxylation is 4. The van der Waals surface area contributed by atoms with E-state index in [-0.39, 0.29) is 24.2 Å². The molecule has 0 saturated carbocycles. The number of para-hydroxylation sites is 1. The van der Waals surface area contributed by atoms with Crippen LogP contribution in [0, 0.1) is 20.8 Å². The summed E-state index contributed by atoms with van der Waals surface area (Å²) in [4.78, 5) is 44.1. The van der Waals surface area contributed by atoms with E-state index in [9.17, 15) is 14.4 Å². The zero-order valence-electron chi connectivity index (χ0n) is 17.0. The number of Topliss-reactive ketones (excluding diaryl/α,β-unsaturated/α-hetero) is 1. The van der Waals surface area contributed by atoms with Gasteiger partial charge in [-0.05, 0) is 62.6 Å². The Morgan fingerprint density at radius 1 is 1.07 bits per heavy atom. The molecule has 0 fully saturated rings. The van der Waals surface area contributed by atoms with Crippen molar-refractivity contribution < 1.29 is 14.3 Å². The number of ketones is 1. The summed E-state index contributed by atoms with van der Waals surface area (Å²) >= 11 is 0. The van der Waals surface area contributed by atoms with Crippen molar-refractivity contribution in [3.8, 4) is 0 Å². The minimum Gasteiger partial charge on any atom is -0.454 e. The molecular weight excluding hydrogens is 368 g/mol. The molecule has 3 aromatic rings. The van der Waals surface area contributed by atoms with Gasteiger partial charge in [-0.2, -0.15) is 0 Å². The SMILES string of the molecule is Cc1cc(C)c(C(=O)[C@H](C)OC(=O)CCc2nc3ccccc3c(=O)[nH]2)cc1C. The molecule has 0 spiro atoms. The summed E-state index contributed by atoms with van der Waals surface area (Å²) in [5.41, 5.74) is 3.89. The van der Waals surface area contributed by atoms with Crippen molar-refractivity contribution in [3.05, 3.63) is 74.8 Å². The molecule has 2 aromatic carbocycles. The maximum Gasteiger partial charge on any atom is 0.306 e. The van der Waals surface area contributed by atoms with Gasteiger partial charge in [-0.1, -0.05) is 18.2 Å². The number of H-pyrrole nitrogens is 1. The van der Waals surface area contributed by atoms with Gasteiger partial charge in [0.2, 0.25) is 5.78 Å². The average molecular weight is 392 g/mol. The minimum absolute atomic E-state index is 0.0187. The van der Waals surface area contributed by atoms with Gasteiger partial charge in [0.25, 0.3) is 5.56 Å². The van der Waals surface area contributed by atoms with E-state index >= 15 is 0 Å². The second-order valence-corrected chi connectivity index (χ2v) is 7.28. The number of rotatable bonds is 6. The van der Waals surface area contributed by atoms with E-state index in [2.05, 4.69) is 9.97 Å². The van der Waals surface area contributed by atoms with E-state index < -0.39 is 12.1 Å². The Labute approximate surface area is 168 Å². The van der Waals surface area contributed by atoms with Crippen LogP contribution in [-0.4, -0.2) is 27.8 Å². The first-order chi connectivity index (χ1) is 13.8. The lowest BCUT2D eigenvalue weighted by Gasteiger charge is -2.15. The quantitative estimate of drug-likeness (QED) is 0.511. The zero-order chi connectivity index (χ0) is 21.1. The number of ether oxygens (including phenoxy) is 1. The van der Waals surface area contributed by atoms with Crippen molar-refractivity contribution in [2.24, 2.45) is 0 Å². The summed E-state index contributed by atoms with van der Waals surface area (Å²) in [6.07, 6.45) is -0.639. The van der Waals surface area contributed by atoms with E-state index in [4.69, 9.17) is 4.74 Å². The van der Waals surface area contributed by atoms with Crippen LogP contribution in [0.1, 0.15) is 46.2 Å². The highest BCUT2D eigenvalue weighted by atomic mass is 16.5. The Morgan fingerprint density at radius 2 is 1.76 bits per heavy atom. The van der Waals surface area contributed by atoms with E-state index in [0.29, 0.717) is 22.3 Å². The fourth-order valence-corrected chi connectivity index (χ4v) is 3.23. The number of fused-ring (bicyclic) bond motifs is 1. The number of aromatic nitrogens is 2. The summed E-state index contributed by atoms with van der Waals surface area (Å²) in [5, 5.41) is 0.502. The van der Waals surface area contributed by atoms with Crippen molar-refractivity contribution >= 4 is 22.7 Å². The third kappa shape index (κ3) is 4.59. The molecule has 1 N–H and O–H groups in total. The van der Waals surface area contributed by atoms with Crippen molar-refractivity contribution in [1.29, 1.82) is 0 Å². The van der Waals surface area contributed by atoms with Crippen molar-refractivity contribution in [3.63, 3.8) is 0 Å². The molecule has 0 amide bonds. The van der Waals surface area contributed by atoms with E-state index in [0.717, 1.165) is 16.7 Å². The van der Waals surface area contributed by atoms with Crippen LogP contribution < -0.4 is 5.56 Å². The Balaban J connectivity index is 1.64. The predicted octanol–water partition coefficient (Wildman–Crippen LogP) is 3.60. The van der Waals surface area contributed by atoms with Gasteiger partial charge in [0.05, 0.1) is 17.3 Å². The molecule has 6 heteroatoms. The number of hydrogen-bond donors (Lipinski definition) is 1. The number of nitrogens with one attached hydrogen (secondary N) is 1. The van der Waals surface area contributed by atoms with Crippen molar-refractivity contribution in [1.82, 2.24) is 9.97 Å². The predicted molar refractivity (Wildman–Crippen MR) is 111 cm³/mol. The Kier molecular flexibility index (Phi) is 5.92. The van der Waals surface area contributed by atoms with Crippen LogP contribution in [0.15, 0.2) is 41.2 Å². The zero-order valence-corrected chi connectivity index (χ0v) is 17.0. The first kappa shape index (κ1) is 20.5. The fraction of sp³-hybridized carbons (Fsp3) is 0.304. The largest absolute Gasteiger partial charge is 0.454 e. The molecule has 0 saturated heterocycles. The monoisotopic (exact) mass is 392 g/mol. The van der Waals surface area contributed by atoms with Crippen LogP contribution in [0.5, 0.6) is 0 Å². The van der Waals surface area contributed by atoms with Gasteiger partial charge in [0.15, 0.2) is 6.10 Å². The Bertz CT molecular complexity index is 1150. The van der Waals surface area contributed by atoms with Crippen LogP contribution in [-0.2, 0) is 16.0 Å². The second-order valence-electron chi connectivity index (χ2n) is 7.28. The van der Waals surface area contributed by atoms with E-state index in [1.807, 2.05) is 32.9 Å².